The van der Waals surface area contributed by atoms with Gasteiger partial charge in [0.05, 0.1) is 22.8 Å². The molecule has 3 heterocycles. The number of nitrogens with zero attached hydrogens (tertiary/aromatic N) is 4. The van der Waals surface area contributed by atoms with Gasteiger partial charge in [-0.1, -0.05) is 11.6 Å². The second-order valence-corrected chi connectivity index (χ2v) is 4.65. The zero-order chi connectivity index (χ0) is 13.9. The Bertz CT molecular complexity index is 803. The lowest BCUT2D eigenvalue weighted by Crippen LogP contribution is -2.03. The highest BCUT2D eigenvalue weighted by molar-refractivity contribution is 6.30. The molecule has 0 aromatic carbocycles. The Kier molecular flexibility index (Phi) is 3.23. The molecule has 0 aliphatic heterocycles. The highest BCUT2D eigenvalue weighted by Gasteiger charge is 2.05. The third-order valence-electron chi connectivity index (χ3n) is 2.83. The molecule has 20 heavy (non-hydrogen) atoms. The Morgan fingerprint density at radius 1 is 1.30 bits per heavy atom. The van der Waals surface area contributed by atoms with Crippen molar-refractivity contribution < 1.29 is 0 Å². The molecule has 3 aromatic rings. The van der Waals surface area contributed by atoms with Gasteiger partial charge in [-0.3, -0.25) is 0 Å². The van der Waals surface area contributed by atoms with Gasteiger partial charge in [0.1, 0.15) is 17.5 Å². The summed E-state index contributed by atoms with van der Waals surface area (Å²) in [6.07, 6.45) is 5.34. The van der Waals surface area contributed by atoms with Gasteiger partial charge >= 0.3 is 0 Å². The minimum atomic E-state index is 0.491. The summed E-state index contributed by atoms with van der Waals surface area (Å²) >= 11 is 5.93. The fourth-order valence-electron chi connectivity index (χ4n) is 1.91. The van der Waals surface area contributed by atoms with Crippen LogP contribution < -0.4 is 5.32 Å². The van der Waals surface area contributed by atoms with Crippen LogP contribution in [-0.2, 0) is 6.54 Å². The van der Waals surface area contributed by atoms with Crippen LogP contribution in [0.3, 0.4) is 0 Å². The van der Waals surface area contributed by atoms with E-state index >= 15 is 0 Å². The van der Waals surface area contributed by atoms with Crippen LogP contribution in [0.2, 0.25) is 5.02 Å². The fraction of sp³-hybridized carbons (Fsp3) is 0.0714. The summed E-state index contributed by atoms with van der Waals surface area (Å²) in [5.74, 6) is 0.560. The second-order valence-electron chi connectivity index (χ2n) is 4.21. The van der Waals surface area contributed by atoms with E-state index in [4.69, 9.17) is 16.9 Å². The van der Waals surface area contributed by atoms with E-state index in [9.17, 15) is 0 Å². The Morgan fingerprint density at radius 3 is 3.05 bits per heavy atom. The molecule has 0 amide bonds. The number of imidazole rings is 1. The van der Waals surface area contributed by atoms with E-state index in [1.54, 1.807) is 30.6 Å². The molecule has 3 aromatic heterocycles. The lowest BCUT2D eigenvalue weighted by atomic mass is 10.3. The Hall–Kier alpha value is -2.58. The number of pyridine rings is 2. The van der Waals surface area contributed by atoms with Crippen molar-refractivity contribution in [3.63, 3.8) is 0 Å². The van der Waals surface area contributed by atoms with E-state index in [1.807, 2.05) is 16.7 Å². The van der Waals surface area contributed by atoms with Crippen LogP contribution in [0, 0.1) is 11.3 Å². The molecule has 98 valence electrons. The topological polar surface area (TPSA) is 66.0 Å². The van der Waals surface area contributed by atoms with E-state index in [-0.39, 0.29) is 0 Å². The second kappa shape index (κ2) is 5.19. The van der Waals surface area contributed by atoms with Crippen molar-refractivity contribution in [2.45, 2.75) is 6.54 Å². The van der Waals surface area contributed by atoms with Crippen molar-refractivity contribution in [3.8, 4) is 6.07 Å². The molecule has 0 saturated heterocycles. The maximum atomic E-state index is 9.00. The minimum Gasteiger partial charge on any atom is -0.363 e. The molecule has 0 unspecified atom stereocenters. The first-order valence-electron chi connectivity index (χ1n) is 5.98. The van der Waals surface area contributed by atoms with Crippen LogP contribution in [0.25, 0.3) is 5.65 Å². The SMILES string of the molecule is N#Cc1cccnc1NCc1cn2cc(Cl)ccc2n1. The number of hydrogen-bond acceptors (Lipinski definition) is 4. The third-order valence-corrected chi connectivity index (χ3v) is 3.05. The first kappa shape index (κ1) is 12.5. The molecule has 3 rings (SSSR count). The van der Waals surface area contributed by atoms with E-state index < -0.39 is 0 Å². The maximum Gasteiger partial charge on any atom is 0.144 e. The van der Waals surface area contributed by atoms with Crippen molar-refractivity contribution in [3.05, 3.63) is 59.1 Å². The van der Waals surface area contributed by atoms with Crippen LogP contribution in [0.4, 0.5) is 5.82 Å². The van der Waals surface area contributed by atoms with Crippen LogP contribution >= 0.6 is 11.6 Å². The molecule has 0 radical (unpaired) electrons. The van der Waals surface area contributed by atoms with Gasteiger partial charge in [-0.2, -0.15) is 5.26 Å². The number of halogens is 1. The number of rotatable bonds is 3. The van der Waals surface area contributed by atoms with E-state index in [0.29, 0.717) is 22.9 Å². The quantitative estimate of drug-likeness (QED) is 0.803. The predicted molar refractivity (Wildman–Crippen MR) is 76.5 cm³/mol. The van der Waals surface area contributed by atoms with Gasteiger partial charge in [-0.15, -0.1) is 0 Å². The number of nitriles is 1. The van der Waals surface area contributed by atoms with Crippen LogP contribution in [-0.4, -0.2) is 14.4 Å². The summed E-state index contributed by atoms with van der Waals surface area (Å²) < 4.78 is 1.86. The lowest BCUT2D eigenvalue weighted by Gasteiger charge is -2.04. The molecule has 0 aliphatic rings. The van der Waals surface area contributed by atoms with Gasteiger partial charge in [0.15, 0.2) is 0 Å². The van der Waals surface area contributed by atoms with Crippen LogP contribution in [0.1, 0.15) is 11.3 Å². The summed E-state index contributed by atoms with van der Waals surface area (Å²) in [7, 11) is 0. The highest BCUT2D eigenvalue weighted by atomic mass is 35.5. The molecule has 0 bridgehead atoms. The van der Waals surface area contributed by atoms with E-state index in [2.05, 4.69) is 21.4 Å². The average Bonchev–Trinajstić information content (AvgIpc) is 2.87. The molecule has 6 heteroatoms. The van der Waals surface area contributed by atoms with Crippen LogP contribution in [0.5, 0.6) is 0 Å². The van der Waals surface area contributed by atoms with Crippen molar-refractivity contribution in [1.82, 2.24) is 14.4 Å². The van der Waals surface area contributed by atoms with Gasteiger partial charge < -0.3 is 9.72 Å². The third kappa shape index (κ3) is 2.42. The zero-order valence-electron chi connectivity index (χ0n) is 10.4. The van der Waals surface area contributed by atoms with Crippen molar-refractivity contribution in [1.29, 1.82) is 5.26 Å². The normalized spacial score (nSPS) is 10.4. The van der Waals surface area contributed by atoms with E-state index in [0.717, 1.165) is 11.3 Å². The summed E-state index contributed by atoms with van der Waals surface area (Å²) in [5, 5.41) is 12.8. The van der Waals surface area contributed by atoms with E-state index in [1.165, 1.54) is 0 Å². The largest absolute Gasteiger partial charge is 0.363 e. The first-order valence-corrected chi connectivity index (χ1v) is 6.36. The highest BCUT2D eigenvalue weighted by Crippen LogP contribution is 2.14. The molecule has 0 fully saturated rings. The van der Waals surface area contributed by atoms with Crippen LogP contribution in [0.15, 0.2) is 42.9 Å². The molecular formula is C14H10ClN5. The smallest absolute Gasteiger partial charge is 0.144 e. The molecule has 0 saturated carbocycles. The van der Waals surface area contributed by atoms with Gasteiger partial charge in [0.2, 0.25) is 0 Å². The zero-order valence-corrected chi connectivity index (χ0v) is 11.2. The minimum absolute atomic E-state index is 0.491. The Balaban J connectivity index is 1.82. The maximum absolute atomic E-state index is 9.00. The molecule has 0 atom stereocenters. The summed E-state index contributed by atoms with van der Waals surface area (Å²) in [5.41, 5.74) is 2.19. The molecule has 0 spiro atoms. The predicted octanol–water partition coefficient (Wildman–Crippen LogP) is 2.87. The number of hydrogen-bond donors (Lipinski definition) is 1. The van der Waals surface area contributed by atoms with Gasteiger partial charge in [-0.25, -0.2) is 9.97 Å². The van der Waals surface area contributed by atoms with Gasteiger partial charge in [0, 0.05) is 18.6 Å². The summed E-state index contributed by atoms with van der Waals surface area (Å²) in [6.45, 7) is 0.491. The Morgan fingerprint density at radius 2 is 2.20 bits per heavy atom. The molecule has 1 N–H and O–H groups in total. The molecule has 0 aliphatic carbocycles. The van der Waals surface area contributed by atoms with Crippen molar-refractivity contribution in [2.24, 2.45) is 0 Å². The Labute approximate surface area is 120 Å². The number of fused-ring (bicyclic) bond motifs is 1. The van der Waals surface area contributed by atoms with Gasteiger partial charge in [-0.05, 0) is 24.3 Å². The number of nitrogens with one attached hydrogen (secondary N) is 1. The lowest BCUT2D eigenvalue weighted by molar-refractivity contribution is 1.05. The molecular weight excluding hydrogens is 274 g/mol. The van der Waals surface area contributed by atoms with Crippen molar-refractivity contribution in [2.75, 3.05) is 5.32 Å². The number of aromatic nitrogens is 3. The summed E-state index contributed by atoms with van der Waals surface area (Å²) in [4.78, 5) is 8.60. The summed E-state index contributed by atoms with van der Waals surface area (Å²) in [6, 6.07) is 9.21. The molecule has 5 nitrogen and oxygen atoms in total. The van der Waals surface area contributed by atoms with Crippen molar-refractivity contribution >= 4 is 23.1 Å². The average molecular weight is 284 g/mol. The first-order chi connectivity index (χ1) is 9.76. The fourth-order valence-corrected chi connectivity index (χ4v) is 2.08. The monoisotopic (exact) mass is 283 g/mol. The van der Waals surface area contributed by atoms with Gasteiger partial charge in [0.25, 0.3) is 0 Å². The standard InChI is InChI=1S/C14H10ClN5/c15-11-3-4-13-19-12(9-20(13)8-11)7-18-14-10(6-16)2-1-5-17-14/h1-5,8-9H,7H2,(H,17,18). The number of anilines is 1.